The molecule has 0 radical (unpaired) electrons. The zero-order valence-electron chi connectivity index (χ0n) is 15.7. The summed E-state index contributed by atoms with van der Waals surface area (Å²) in [4.78, 5) is 14.3. The first-order chi connectivity index (χ1) is 14.1. The van der Waals surface area contributed by atoms with Gasteiger partial charge in [0.15, 0.2) is 0 Å². The molecule has 29 heavy (non-hydrogen) atoms. The van der Waals surface area contributed by atoms with E-state index >= 15 is 0 Å². The number of benzene rings is 3. The first kappa shape index (κ1) is 18.8. The van der Waals surface area contributed by atoms with E-state index in [0.29, 0.717) is 38.8 Å². The highest BCUT2D eigenvalue weighted by atomic mass is 35.5. The number of para-hydroxylation sites is 1. The van der Waals surface area contributed by atoms with Gasteiger partial charge in [0.05, 0.1) is 36.2 Å². The summed E-state index contributed by atoms with van der Waals surface area (Å²) in [5, 5.41) is 12.1. The fourth-order valence-corrected chi connectivity index (χ4v) is 3.09. The second kappa shape index (κ2) is 7.81. The Morgan fingerprint density at radius 2 is 1.69 bits per heavy atom. The van der Waals surface area contributed by atoms with Crippen LogP contribution in [0.4, 0.5) is 5.69 Å². The molecule has 146 valence electrons. The molecule has 1 heterocycles. The Hall–Kier alpha value is -3.58. The van der Waals surface area contributed by atoms with Crippen LogP contribution in [0.5, 0.6) is 11.5 Å². The summed E-state index contributed by atoms with van der Waals surface area (Å²) < 4.78 is 10.5. The van der Waals surface area contributed by atoms with Crippen molar-refractivity contribution in [2.24, 2.45) is 0 Å². The van der Waals surface area contributed by atoms with E-state index in [4.69, 9.17) is 21.1 Å². The lowest BCUT2D eigenvalue weighted by Crippen LogP contribution is -2.13. The molecule has 0 aliphatic rings. The number of hydrogen-bond donors (Lipinski definition) is 1. The number of hydrogen-bond acceptors (Lipinski definition) is 5. The molecule has 1 amide bonds. The highest BCUT2D eigenvalue weighted by Crippen LogP contribution is 2.29. The lowest BCUT2D eigenvalue weighted by Gasteiger charge is -2.11. The summed E-state index contributed by atoms with van der Waals surface area (Å²) in [7, 11) is 3.04. The van der Waals surface area contributed by atoms with Gasteiger partial charge in [0.25, 0.3) is 5.91 Å². The molecule has 0 aliphatic carbocycles. The number of anilines is 1. The van der Waals surface area contributed by atoms with E-state index in [0.717, 1.165) is 5.69 Å². The van der Waals surface area contributed by atoms with Gasteiger partial charge in [0, 0.05) is 6.07 Å². The minimum atomic E-state index is -0.360. The van der Waals surface area contributed by atoms with Crippen molar-refractivity contribution >= 4 is 34.2 Å². The minimum Gasteiger partial charge on any atom is -0.497 e. The van der Waals surface area contributed by atoms with Gasteiger partial charge in [-0.15, -0.1) is 10.2 Å². The maximum absolute atomic E-state index is 12.8. The zero-order chi connectivity index (χ0) is 20.4. The van der Waals surface area contributed by atoms with Crippen molar-refractivity contribution in [1.82, 2.24) is 15.0 Å². The largest absolute Gasteiger partial charge is 0.497 e. The second-order valence-corrected chi connectivity index (χ2v) is 6.57. The third-order valence-corrected chi connectivity index (χ3v) is 4.67. The van der Waals surface area contributed by atoms with Crippen LogP contribution in [0.1, 0.15) is 10.4 Å². The van der Waals surface area contributed by atoms with Crippen molar-refractivity contribution in [3.63, 3.8) is 0 Å². The molecule has 0 atom stereocenters. The molecule has 1 N–H and O–H groups in total. The van der Waals surface area contributed by atoms with Gasteiger partial charge < -0.3 is 14.8 Å². The molecule has 8 heteroatoms. The molecule has 0 fully saturated rings. The number of rotatable bonds is 5. The van der Waals surface area contributed by atoms with Crippen molar-refractivity contribution in [1.29, 1.82) is 0 Å². The number of halogens is 1. The van der Waals surface area contributed by atoms with Gasteiger partial charge >= 0.3 is 0 Å². The third kappa shape index (κ3) is 3.72. The number of carbonyl (C=O) groups excluding carboxylic acids is 1. The number of aromatic nitrogens is 3. The Labute approximate surface area is 171 Å². The molecule has 0 saturated carbocycles. The predicted octanol–water partition coefficient (Wildman–Crippen LogP) is 4.34. The summed E-state index contributed by atoms with van der Waals surface area (Å²) in [6.45, 7) is 0. The SMILES string of the molecule is COc1ccc(C(=O)Nc2cc3nn(-c4ccccc4)nc3cc2Cl)c(OC)c1. The van der Waals surface area contributed by atoms with Crippen LogP contribution in [0.15, 0.2) is 60.7 Å². The van der Waals surface area contributed by atoms with Crippen LogP contribution in [0.3, 0.4) is 0 Å². The van der Waals surface area contributed by atoms with Gasteiger partial charge in [-0.3, -0.25) is 4.79 Å². The molecule has 4 aromatic rings. The Morgan fingerprint density at radius 3 is 2.38 bits per heavy atom. The molecule has 3 aromatic carbocycles. The highest BCUT2D eigenvalue weighted by Gasteiger charge is 2.16. The average Bonchev–Trinajstić information content (AvgIpc) is 3.16. The molecule has 7 nitrogen and oxygen atoms in total. The first-order valence-corrected chi connectivity index (χ1v) is 9.12. The van der Waals surface area contributed by atoms with Crippen LogP contribution in [-0.2, 0) is 0 Å². The van der Waals surface area contributed by atoms with E-state index in [1.165, 1.54) is 11.9 Å². The van der Waals surface area contributed by atoms with Crippen molar-refractivity contribution < 1.29 is 14.3 Å². The molecular formula is C21H17ClN4O3. The molecule has 0 saturated heterocycles. The Kier molecular flexibility index (Phi) is 5.05. The quantitative estimate of drug-likeness (QED) is 0.531. The number of amides is 1. The maximum atomic E-state index is 12.8. The van der Waals surface area contributed by atoms with Crippen LogP contribution in [0, 0.1) is 0 Å². The topological polar surface area (TPSA) is 78.3 Å². The van der Waals surface area contributed by atoms with Crippen LogP contribution in [-0.4, -0.2) is 35.1 Å². The van der Waals surface area contributed by atoms with Crippen molar-refractivity contribution in [3.8, 4) is 17.2 Å². The Balaban J connectivity index is 1.66. The summed E-state index contributed by atoms with van der Waals surface area (Å²) in [6.07, 6.45) is 0. The maximum Gasteiger partial charge on any atom is 0.259 e. The zero-order valence-corrected chi connectivity index (χ0v) is 16.5. The normalized spacial score (nSPS) is 10.7. The molecule has 4 rings (SSSR count). The minimum absolute atomic E-state index is 0.359. The van der Waals surface area contributed by atoms with Crippen molar-refractivity contribution in [2.75, 3.05) is 19.5 Å². The van der Waals surface area contributed by atoms with E-state index in [-0.39, 0.29) is 5.91 Å². The number of nitrogens with one attached hydrogen (secondary N) is 1. The molecule has 0 aliphatic heterocycles. The van der Waals surface area contributed by atoms with E-state index in [2.05, 4.69) is 15.5 Å². The van der Waals surface area contributed by atoms with E-state index in [9.17, 15) is 4.79 Å². The highest BCUT2D eigenvalue weighted by molar-refractivity contribution is 6.34. The molecule has 0 spiro atoms. The van der Waals surface area contributed by atoms with Crippen LogP contribution in [0.25, 0.3) is 16.7 Å². The molecule has 0 bridgehead atoms. The Bertz CT molecular complexity index is 1190. The van der Waals surface area contributed by atoms with Crippen molar-refractivity contribution in [2.45, 2.75) is 0 Å². The van der Waals surface area contributed by atoms with Crippen molar-refractivity contribution in [3.05, 3.63) is 71.2 Å². The van der Waals surface area contributed by atoms with Crippen LogP contribution >= 0.6 is 11.6 Å². The summed E-state index contributed by atoms with van der Waals surface area (Å²) >= 11 is 6.37. The summed E-state index contributed by atoms with van der Waals surface area (Å²) in [5.41, 5.74) is 2.85. The molecule has 0 unspecified atom stereocenters. The number of carbonyl (C=O) groups is 1. The third-order valence-electron chi connectivity index (χ3n) is 4.36. The number of fused-ring (bicyclic) bond motifs is 1. The summed E-state index contributed by atoms with van der Waals surface area (Å²) in [6, 6.07) is 17.9. The standard InChI is InChI=1S/C21H17ClN4O3/c1-28-14-8-9-15(20(10-14)29-2)21(27)23-17-12-19-18(11-16(17)22)24-26(25-19)13-6-4-3-5-7-13/h3-12H,1-2H3,(H,23,27). The number of ether oxygens (including phenoxy) is 2. The van der Waals surface area contributed by atoms with Crippen LogP contribution in [0.2, 0.25) is 5.02 Å². The van der Waals surface area contributed by atoms with Gasteiger partial charge in [0.2, 0.25) is 0 Å². The number of nitrogens with zero attached hydrogens (tertiary/aromatic N) is 3. The Morgan fingerprint density at radius 1 is 0.966 bits per heavy atom. The molecule has 1 aromatic heterocycles. The number of methoxy groups -OCH3 is 2. The summed E-state index contributed by atoms with van der Waals surface area (Å²) in [5.74, 6) is 0.630. The lowest BCUT2D eigenvalue weighted by molar-refractivity contribution is 0.102. The van der Waals surface area contributed by atoms with Gasteiger partial charge in [-0.05, 0) is 36.4 Å². The second-order valence-electron chi connectivity index (χ2n) is 6.17. The fraction of sp³-hybridized carbons (Fsp3) is 0.0952. The van der Waals surface area contributed by atoms with Gasteiger partial charge in [-0.2, -0.15) is 4.80 Å². The lowest BCUT2D eigenvalue weighted by atomic mass is 10.1. The van der Waals surface area contributed by atoms with Gasteiger partial charge in [0.1, 0.15) is 22.5 Å². The average molecular weight is 409 g/mol. The smallest absolute Gasteiger partial charge is 0.259 e. The van der Waals surface area contributed by atoms with E-state index in [1.807, 2.05) is 30.3 Å². The predicted molar refractivity (Wildman–Crippen MR) is 111 cm³/mol. The molecular weight excluding hydrogens is 392 g/mol. The first-order valence-electron chi connectivity index (χ1n) is 8.74. The van der Waals surface area contributed by atoms with E-state index < -0.39 is 0 Å². The van der Waals surface area contributed by atoms with E-state index in [1.54, 1.807) is 37.4 Å². The monoisotopic (exact) mass is 408 g/mol. The fourth-order valence-electron chi connectivity index (χ4n) is 2.89. The van der Waals surface area contributed by atoms with Crippen LogP contribution < -0.4 is 14.8 Å². The van der Waals surface area contributed by atoms with Gasteiger partial charge in [-0.25, -0.2) is 0 Å². The van der Waals surface area contributed by atoms with Gasteiger partial charge in [-0.1, -0.05) is 29.8 Å².